The number of nitrogens with one attached hydrogen (secondary N) is 1. The fourth-order valence-corrected chi connectivity index (χ4v) is 1.05. The number of carbonyl (C=O) groups is 1. The second kappa shape index (κ2) is 4.71. The molecule has 0 unspecified atom stereocenters. The van der Waals surface area contributed by atoms with E-state index in [2.05, 4.69) is 15.3 Å². The van der Waals surface area contributed by atoms with Gasteiger partial charge in [-0.25, -0.2) is 9.97 Å². The molecule has 0 saturated carbocycles. The molecular weight excluding hydrogens is 174 g/mol. The number of rotatable bonds is 2. The Kier molecular flexibility index (Phi) is 3.53. The van der Waals surface area contributed by atoms with Crippen molar-refractivity contribution < 1.29 is 4.79 Å². The molecule has 0 fully saturated rings. The molecule has 0 aliphatic carbocycles. The third kappa shape index (κ3) is 2.87. The zero-order chi connectivity index (χ0) is 8.81. The van der Waals surface area contributed by atoms with Crippen LogP contribution in [0.1, 0.15) is 6.92 Å². The maximum Gasteiger partial charge on any atom is 0.285 e. The lowest BCUT2D eigenvalue weighted by molar-refractivity contribution is 0.269. The van der Waals surface area contributed by atoms with Gasteiger partial charge in [-0.1, -0.05) is 18.7 Å². The highest BCUT2D eigenvalue weighted by atomic mass is 32.2. The minimum absolute atomic E-state index is 0.122. The summed E-state index contributed by atoms with van der Waals surface area (Å²) in [6.07, 6.45) is 3.17. The Labute approximate surface area is 74.8 Å². The van der Waals surface area contributed by atoms with Crippen LogP contribution in [0.4, 0.5) is 10.7 Å². The molecule has 1 N–H and O–H groups in total. The highest BCUT2D eigenvalue weighted by molar-refractivity contribution is 8.13. The first-order valence-corrected chi connectivity index (χ1v) is 4.52. The zero-order valence-corrected chi connectivity index (χ0v) is 7.47. The van der Waals surface area contributed by atoms with Crippen molar-refractivity contribution in [2.24, 2.45) is 0 Å². The summed E-state index contributed by atoms with van der Waals surface area (Å²) in [6, 6.07) is 1.70. The molecular formula is C7H9N3OS. The van der Waals surface area contributed by atoms with E-state index in [1.54, 1.807) is 18.5 Å². The maximum absolute atomic E-state index is 11.0. The van der Waals surface area contributed by atoms with Gasteiger partial charge in [0.25, 0.3) is 5.24 Å². The number of thioether (sulfide) groups is 1. The maximum atomic E-state index is 11.0. The van der Waals surface area contributed by atoms with Crippen LogP contribution in [0.15, 0.2) is 18.5 Å². The lowest BCUT2D eigenvalue weighted by Crippen LogP contribution is -2.07. The molecule has 0 spiro atoms. The Morgan fingerprint density at radius 3 is 2.83 bits per heavy atom. The van der Waals surface area contributed by atoms with Gasteiger partial charge >= 0.3 is 0 Å². The fourth-order valence-electron chi connectivity index (χ4n) is 0.622. The van der Waals surface area contributed by atoms with Crippen molar-refractivity contribution >= 4 is 22.9 Å². The Balaban J connectivity index is 2.47. The Bertz CT molecular complexity index is 252. The van der Waals surface area contributed by atoms with Crippen LogP contribution in [-0.2, 0) is 0 Å². The Hall–Kier alpha value is -1.10. The molecule has 0 bridgehead atoms. The van der Waals surface area contributed by atoms with E-state index < -0.39 is 0 Å². The summed E-state index contributed by atoms with van der Waals surface area (Å²) in [5.41, 5.74) is 0. The van der Waals surface area contributed by atoms with Crippen molar-refractivity contribution in [2.45, 2.75) is 6.92 Å². The second-order valence-electron chi connectivity index (χ2n) is 1.92. The van der Waals surface area contributed by atoms with Gasteiger partial charge in [0.15, 0.2) is 0 Å². The van der Waals surface area contributed by atoms with E-state index in [0.717, 1.165) is 5.75 Å². The van der Waals surface area contributed by atoms with Gasteiger partial charge in [-0.15, -0.1) is 0 Å². The summed E-state index contributed by atoms with van der Waals surface area (Å²) in [7, 11) is 0. The van der Waals surface area contributed by atoms with E-state index in [1.807, 2.05) is 6.92 Å². The third-order valence-corrected chi connectivity index (χ3v) is 1.71. The molecule has 12 heavy (non-hydrogen) atoms. The largest absolute Gasteiger partial charge is 0.285 e. The number of anilines is 1. The van der Waals surface area contributed by atoms with Crippen molar-refractivity contribution in [1.29, 1.82) is 0 Å². The predicted molar refractivity (Wildman–Crippen MR) is 49.2 cm³/mol. The lowest BCUT2D eigenvalue weighted by atomic mass is 10.7. The fraction of sp³-hybridized carbons (Fsp3) is 0.286. The molecule has 4 nitrogen and oxygen atoms in total. The lowest BCUT2D eigenvalue weighted by Gasteiger charge is -1.99. The monoisotopic (exact) mass is 183 g/mol. The van der Waals surface area contributed by atoms with Crippen LogP contribution < -0.4 is 5.32 Å². The summed E-state index contributed by atoms with van der Waals surface area (Å²) in [4.78, 5) is 18.7. The van der Waals surface area contributed by atoms with Gasteiger partial charge in [-0.05, 0) is 11.8 Å². The van der Waals surface area contributed by atoms with Crippen LogP contribution in [0, 0.1) is 0 Å². The van der Waals surface area contributed by atoms with E-state index >= 15 is 0 Å². The van der Waals surface area contributed by atoms with Crippen molar-refractivity contribution in [3.05, 3.63) is 18.5 Å². The average Bonchev–Trinajstić information content (AvgIpc) is 2.06. The minimum Gasteiger partial charge on any atom is -0.285 e. The molecule has 0 atom stereocenters. The highest BCUT2D eigenvalue weighted by Gasteiger charge is 2.01. The normalized spacial score (nSPS) is 9.42. The van der Waals surface area contributed by atoms with Crippen LogP contribution >= 0.6 is 11.8 Å². The van der Waals surface area contributed by atoms with Gasteiger partial charge in [0.1, 0.15) is 0 Å². The highest BCUT2D eigenvalue weighted by Crippen LogP contribution is 2.04. The average molecular weight is 183 g/mol. The summed E-state index contributed by atoms with van der Waals surface area (Å²) in [5, 5.41) is 2.42. The summed E-state index contributed by atoms with van der Waals surface area (Å²) in [6.45, 7) is 1.91. The SMILES string of the molecule is CCSC(=O)Nc1ncccn1. The molecule has 0 aliphatic rings. The predicted octanol–water partition coefficient (Wildman–Crippen LogP) is 1.76. The van der Waals surface area contributed by atoms with E-state index in [0.29, 0.717) is 5.95 Å². The standard InChI is InChI=1S/C7H9N3OS/c1-2-12-7(11)10-6-8-4-3-5-9-6/h3-5H,2H2,1H3,(H,8,9,10,11). The minimum atomic E-state index is -0.122. The van der Waals surface area contributed by atoms with E-state index in [9.17, 15) is 4.79 Å². The van der Waals surface area contributed by atoms with Crippen LogP contribution in [0.3, 0.4) is 0 Å². The summed E-state index contributed by atoms with van der Waals surface area (Å²) in [5.74, 6) is 1.10. The molecule has 1 rings (SSSR count). The number of amides is 1. The molecule has 1 amide bonds. The van der Waals surface area contributed by atoms with E-state index in [1.165, 1.54) is 11.8 Å². The Morgan fingerprint density at radius 2 is 2.25 bits per heavy atom. The van der Waals surface area contributed by atoms with Gasteiger partial charge in [-0.2, -0.15) is 0 Å². The van der Waals surface area contributed by atoms with Crippen molar-refractivity contribution in [3.8, 4) is 0 Å². The van der Waals surface area contributed by atoms with Gasteiger partial charge < -0.3 is 0 Å². The van der Waals surface area contributed by atoms with E-state index in [4.69, 9.17) is 0 Å². The number of carbonyl (C=O) groups excluding carboxylic acids is 1. The molecule has 1 aromatic rings. The van der Waals surface area contributed by atoms with Gasteiger partial charge in [-0.3, -0.25) is 10.1 Å². The molecule has 0 aliphatic heterocycles. The van der Waals surface area contributed by atoms with Crippen LogP contribution in [0.25, 0.3) is 0 Å². The molecule has 5 heteroatoms. The summed E-state index contributed by atoms with van der Waals surface area (Å²) >= 11 is 1.20. The zero-order valence-electron chi connectivity index (χ0n) is 6.65. The molecule has 0 radical (unpaired) electrons. The van der Waals surface area contributed by atoms with Gasteiger partial charge in [0.05, 0.1) is 0 Å². The van der Waals surface area contributed by atoms with Crippen LogP contribution in [-0.4, -0.2) is 21.0 Å². The van der Waals surface area contributed by atoms with E-state index in [-0.39, 0.29) is 5.24 Å². The number of aromatic nitrogens is 2. The van der Waals surface area contributed by atoms with Crippen molar-refractivity contribution in [1.82, 2.24) is 9.97 Å². The van der Waals surface area contributed by atoms with Crippen LogP contribution in [0.2, 0.25) is 0 Å². The smallest absolute Gasteiger partial charge is 0.285 e. The molecule has 64 valence electrons. The first-order chi connectivity index (χ1) is 5.83. The number of hydrogen-bond acceptors (Lipinski definition) is 4. The second-order valence-corrected chi connectivity index (χ2v) is 3.15. The molecule has 0 aromatic carbocycles. The first-order valence-electron chi connectivity index (χ1n) is 3.53. The number of nitrogens with zero attached hydrogens (tertiary/aromatic N) is 2. The number of hydrogen-bond donors (Lipinski definition) is 1. The Morgan fingerprint density at radius 1 is 1.58 bits per heavy atom. The molecule has 0 saturated heterocycles. The summed E-state index contributed by atoms with van der Waals surface area (Å²) < 4.78 is 0. The van der Waals surface area contributed by atoms with Crippen molar-refractivity contribution in [2.75, 3.05) is 11.1 Å². The molecule has 1 heterocycles. The molecule has 1 aromatic heterocycles. The first kappa shape index (κ1) is 8.99. The topological polar surface area (TPSA) is 54.9 Å². The van der Waals surface area contributed by atoms with Gasteiger partial charge in [0, 0.05) is 12.4 Å². The van der Waals surface area contributed by atoms with Gasteiger partial charge in [0.2, 0.25) is 5.95 Å². The van der Waals surface area contributed by atoms with Crippen molar-refractivity contribution in [3.63, 3.8) is 0 Å². The third-order valence-electron chi connectivity index (χ3n) is 1.06. The quantitative estimate of drug-likeness (QED) is 0.759. The van der Waals surface area contributed by atoms with Crippen LogP contribution in [0.5, 0.6) is 0 Å².